The van der Waals surface area contributed by atoms with Crippen LogP contribution in [-0.2, 0) is 4.79 Å². The van der Waals surface area contributed by atoms with Gasteiger partial charge in [0.15, 0.2) is 5.78 Å². The Hall–Kier alpha value is -3.24. The van der Waals surface area contributed by atoms with E-state index in [1.165, 1.54) is 19.1 Å². The highest BCUT2D eigenvalue weighted by Gasteiger charge is 2.27. The van der Waals surface area contributed by atoms with E-state index in [4.69, 9.17) is 0 Å². The highest BCUT2D eigenvalue weighted by atomic mass is 19.1. The number of rotatable bonds is 5. The maximum atomic E-state index is 13.3. The third kappa shape index (κ3) is 4.79. The topological polar surface area (TPSA) is 76.4 Å². The molecule has 1 N–H and O–H groups in total. The van der Waals surface area contributed by atoms with Gasteiger partial charge in [-0.1, -0.05) is 6.07 Å². The van der Waals surface area contributed by atoms with E-state index in [1.807, 2.05) is 11.8 Å². The van der Waals surface area contributed by atoms with Crippen LogP contribution in [0.25, 0.3) is 0 Å². The molecule has 1 aliphatic heterocycles. The van der Waals surface area contributed by atoms with Gasteiger partial charge in [-0.05, 0) is 50.2 Å². The van der Waals surface area contributed by atoms with Gasteiger partial charge < -0.3 is 10.2 Å². The summed E-state index contributed by atoms with van der Waals surface area (Å²) in [6.07, 6.45) is 0. The van der Waals surface area contributed by atoms with Gasteiger partial charge in [0.25, 0.3) is 0 Å². The molecule has 6 nitrogen and oxygen atoms in total. The number of carbonyl (C=O) groups is 2. The van der Waals surface area contributed by atoms with Crippen molar-refractivity contribution in [2.45, 2.75) is 19.9 Å². The lowest BCUT2D eigenvalue weighted by atomic mass is 10.0. The number of ketones is 1. The van der Waals surface area contributed by atoms with Gasteiger partial charge in [-0.15, -0.1) is 0 Å². The highest BCUT2D eigenvalue weighted by molar-refractivity contribution is 6.00. The minimum atomic E-state index is -0.398. The van der Waals surface area contributed by atoms with E-state index in [0.717, 1.165) is 5.69 Å². The molecule has 2 aromatic carbocycles. The zero-order valence-electron chi connectivity index (χ0n) is 16.5. The summed E-state index contributed by atoms with van der Waals surface area (Å²) in [7, 11) is 0. The number of benzene rings is 2. The first-order chi connectivity index (χ1) is 13.9. The number of hydrogen-bond donors (Lipinski definition) is 1. The van der Waals surface area contributed by atoms with Crippen molar-refractivity contribution in [3.8, 4) is 6.07 Å². The summed E-state index contributed by atoms with van der Waals surface area (Å²) in [5, 5.41) is 11.9. The molecule has 1 fully saturated rings. The largest absolute Gasteiger partial charge is 0.368 e. The molecule has 1 amide bonds. The molecule has 1 atom stereocenters. The van der Waals surface area contributed by atoms with Crippen LogP contribution in [0.5, 0.6) is 0 Å². The molecule has 1 unspecified atom stereocenters. The van der Waals surface area contributed by atoms with Crippen molar-refractivity contribution in [1.29, 1.82) is 5.26 Å². The van der Waals surface area contributed by atoms with Crippen molar-refractivity contribution >= 4 is 23.1 Å². The van der Waals surface area contributed by atoms with Crippen molar-refractivity contribution in [3.63, 3.8) is 0 Å². The van der Waals surface area contributed by atoms with Crippen LogP contribution in [0.15, 0.2) is 42.5 Å². The molecule has 29 heavy (non-hydrogen) atoms. The van der Waals surface area contributed by atoms with Crippen molar-refractivity contribution < 1.29 is 14.0 Å². The first-order valence-corrected chi connectivity index (χ1v) is 9.49. The Morgan fingerprint density at radius 2 is 1.86 bits per heavy atom. The second-order valence-corrected chi connectivity index (χ2v) is 7.10. The molecule has 1 aliphatic rings. The fraction of sp³-hybridized carbons (Fsp3) is 0.318. The molecule has 1 saturated heterocycles. The Balaban J connectivity index is 1.65. The number of hydrogen-bond acceptors (Lipinski definition) is 5. The van der Waals surface area contributed by atoms with Crippen LogP contribution >= 0.6 is 0 Å². The molecule has 0 bridgehead atoms. The molecule has 150 valence electrons. The number of nitriles is 1. The second kappa shape index (κ2) is 8.84. The van der Waals surface area contributed by atoms with E-state index in [2.05, 4.69) is 16.3 Å². The second-order valence-electron chi connectivity index (χ2n) is 7.10. The monoisotopic (exact) mass is 394 g/mol. The van der Waals surface area contributed by atoms with E-state index in [-0.39, 0.29) is 17.7 Å². The van der Waals surface area contributed by atoms with Gasteiger partial charge in [-0.25, -0.2) is 4.39 Å². The molecule has 0 aromatic heterocycles. The predicted octanol–water partition coefficient (Wildman–Crippen LogP) is 3.05. The summed E-state index contributed by atoms with van der Waals surface area (Å²) in [6.45, 7) is 5.86. The molecular weight excluding hydrogens is 371 g/mol. The lowest BCUT2D eigenvalue weighted by Crippen LogP contribution is -2.53. The van der Waals surface area contributed by atoms with Gasteiger partial charge in [0, 0.05) is 43.1 Å². The highest BCUT2D eigenvalue weighted by Crippen LogP contribution is 2.25. The van der Waals surface area contributed by atoms with Crippen molar-refractivity contribution in [3.05, 3.63) is 59.4 Å². The number of Topliss-reactive ketones (excluding diaryl/α,β-unsaturated/α-hetero) is 1. The molecule has 0 radical (unpaired) electrons. The zero-order chi connectivity index (χ0) is 21.0. The van der Waals surface area contributed by atoms with Gasteiger partial charge in [0.05, 0.1) is 17.7 Å². The average Bonchev–Trinajstić information content (AvgIpc) is 2.72. The van der Waals surface area contributed by atoms with Crippen LogP contribution in [0.4, 0.5) is 15.8 Å². The van der Waals surface area contributed by atoms with Crippen molar-refractivity contribution in [2.24, 2.45) is 0 Å². The van der Waals surface area contributed by atoms with E-state index in [0.29, 0.717) is 43.0 Å². The number of piperazine rings is 1. The number of amides is 1. The Morgan fingerprint density at radius 3 is 2.48 bits per heavy atom. The third-order valence-corrected chi connectivity index (χ3v) is 5.18. The lowest BCUT2D eigenvalue weighted by molar-refractivity contribution is -0.120. The smallest absolute Gasteiger partial charge is 0.241 e. The summed E-state index contributed by atoms with van der Waals surface area (Å²) in [5.74, 6) is -0.639. The number of nitrogens with one attached hydrogen (secondary N) is 1. The van der Waals surface area contributed by atoms with Crippen molar-refractivity contribution in [2.75, 3.05) is 36.4 Å². The van der Waals surface area contributed by atoms with Crippen LogP contribution < -0.4 is 10.2 Å². The van der Waals surface area contributed by atoms with Crippen molar-refractivity contribution in [1.82, 2.24) is 4.90 Å². The predicted molar refractivity (Wildman–Crippen MR) is 109 cm³/mol. The van der Waals surface area contributed by atoms with Crippen LogP contribution in [0.2, 0.25) is 0 Å². The fourth-order valence-corrected chi connectivity index (χ4v) is 3.49. The lowest BCUT2D eigenvalue weighted by Gasteiger charge is -2.39. The quantitative estimate of drug-likeness (QED) is 0.789. The molecule has 2 aromatic rings. The van der Waals surface area contributed by atoms with Crippen LogP contribution in [0.1, 0.15) is 29.8 Å². The third-order valence-electron chi connectivity index (χ3n) is 5.18. The molecule has 3 rings (SSSR count). The first kappa shape index (κ1) is 20.5. The number of anilines is 2. The number of halogens is 1. The maximum absolute atomic E-state index is 13.3. The minimum Gasteiger partial charge on any atom is -0.368 e. The summed E-state index contributed by atoms with van der Waals surface area (Å²) in [5.41, 5.74) is 2.29. The number of nitrogens with zero attached hydrogens (tertiary/aromatic N) is 3. The normalized spacial score (nSPS) is 15.4. The summed E-state index contributed by atoms with van der Waals surface area (Å²) >= 11 is 0. The Bertz CT molecular complexity index is 962. The Labute approximate surface area is 169 Å². The maximum Gasteiger partial charge on any atom is 0.241 e. The molecular formula is C22H23FN4O2. The average molecular weight is 394 g/mol. The molecule has 0 saturated carbocycles. The van der Waals surface area contributed by atoms with Crippen LogP contribution in [0.3, 0.4) is 0 Å². The summed E-state index contributed by atoms with van der Waals surface area (Å²) < 4.78 is 13.3. The van der Waals surface area contributed by atoms with E-state index < -0.39 is 5.82 Å². The Kier molecular flexibility index (Phi) is 6.25. The van der Waals surface area contributed by atoms with E-state index in [9.17, 15) is 19.2 Å². The SMILES string of the molecule is CC(=O)c1ccc(C#N)cc1N1CCN(C(C)C(=O)Nc2cccc(F)c2)CC1. The van der Waals surface area contributed by atoms with E-state index in [1.54, 1.807) is 30.3 Å². The van der Waals surface area contributed by atoms with Crippen LogP contribution in [-0.4, -0.2) is 48.8 Å². The summed E-state index contributed by atoms with van der Waals surface area (Å²) in [4.78, 5) is 28.6. The van der Waals surface area contributed by atoms with Gasteiger partial charge in [0.2, 0.25) is 5.91 Å². The van der Waals surface area contributed by atoms with Gasteiger partial charge in [0.1, 0.15) is 5.82 Å². The molecule has 0 aliphatic carbocycles. The van der Waals surface area contributed by atoms with Crippen LogP contribution in [0, 0.1) is 17.1 Å². The first-order valence-electron chi connectivity index (χ1n) is 9.49. The van der Waals surface area contributed by atoms with Gasteiger partial charge in [-0.2, -0.15) is 5.26 Å². The van der Waals surface area contributed by atoms with E-state index >= 15 is 0 Å². The molecule has 1 heterocycles. The van der Waals surface area contributed by atoms with Gasteiger partial charge in [-0.3, -0.25) is 14.5 Å². The Morgan fingerprint density at radius 1 is 1.14 bits per heavy atom. The molecule has 7 heteroatoms. The fourth-order valence-electron chi connectivity index (χ4n) is 3.49. The standard InChI is InChI=1S/C22H23FN4O2/c1-15(22(29)25-19-5-3-4-18(23)13-19)26-8-10-27(11-9-26)21-12-17(14-24)6-7-20(21)16(2)28/h3-7,12-13,15H,8-11H2,1-2H3,(H,25,29). The minimum absolute atomic E-state index is 0.0465. The molecule has 0 spiro atoms. The summed E-state index contributed by atoms with van der Waals surface area (Å²) in [6, 6.07) is 12.6. The van der Waals surface area contributed by atoms with Gasteiger partial charge >= 0.3 is 0 Å². The zero-order valence-corrected chi connectivity index (χ0v) is 16.5. The number of carbonyl (C=O) groups excluding carboxylic acids is 2.